The van der Waals surface area contributed by atoms with Gasteiger partial charge in [0.25, 0.3) is 0 Å². The zero-order valence-corrected chi connectivity index (χ0v) is 14.7. The Hall–Kier alpha value is -0.450. The molecule has 1 aliphatic rings. The Bertz CT molecular complexity index is 539. The molecule has 1 aromatic rings. The first-order valence-corrected chi connectivity index (χ1v) is 8.58. The van der Waals surface area contributed by atoms with Crippen molar-refractivity contribution in [3.05, 3.63) is 33.0 Å². The number of benzene rings is 1. The van der Waals surface area contributed by atoms with E-state index in [-0.39, 0.29) is 16.4 Å². The predicted octanol–water partition coefficient (Wildman–Crippen LogP) is 5.08. The summed E-state index contributed by atoms with van der Waals surface area (Å²) in [4.78, 5) is 15.3. The molecule has 0 unspecified atom stereocenters. The Morgan fingerprint density at radius 3 is 2.43 bits per heavy atom. The monoisotopic (exact) mass is 375 g/mol. The maximum Gasteiger partial charge on any atom is 0.186 e. The summed E-state index contributed by atoms with van der Waals surface area (Å²) in [5.41, 5.74) is -0.520. The van der Waals surface area contributed by atoms with Crippen LogP contribution in [0.2, 0.25) is 5.02 Å². The van der Waals surface area contributed by atoms with Crippen LogP contribution in [0.3, 0.4) is 0 Å². The first-order chi connectivity index (χ1) is 9.97. The van der Waals surface area contributed by atoms with Gasteiger partial charge in [-0.2, -0.15) is 0 Å². The zero-order chi connectivity index (χ0) is 15.6. The molecule has 0 aliphatic carbocycles. The van der Waals surface area contributed by atoms with E-state index < -0.39 is 11.4 Å². The standard InChI is InChI=1S/C16H20BrClFNO/c1-3-16(4-2,20-9-5-6-10-20)15(21)11-7-8-12(17)13(18)14(11)19/h7-8H,3-6,9-10H2,1-2H3. The minimum atomic E-state index is -0.624. The van der Waals surface area contributed by atoms with Gasteiger partial charge < -0.3 is 0 Å². The van der Waals surface area contributed by atoms with Gasteiger partial charge in [-0.1, -0.05) is 25.4 Å². The number of halogens is 3. The highest BCUT2D eigenvalue weighted by Crippen LogP contribution is 2.35. The molecule has 0 spiro atoms. The van der Waals surface area contributed by atoms with Crippen LogP contribution >= 0.6 is 27.5 Å². The number of nitrogens with zero attached hydrogens (tertiary/aromatic N) is 1. The highest BCUT2D eigenvalue weighted by molar-refractivity contribution is 9.10. The van der Waals surface area contributed by atoms with E-state index in [2.05, 4.69) is 20.8 Å². The van der Waals surface area contributed by atoms with Crippen LogP contribution in [0.15, 0.2) is 16.6 Å². The second-order valence-electron chi connectivity index (χ2n) is 5.48. The van der Waals surface area contributed by atoms with Gasteiger partial charge in [0.05, 0.1) is 16.1 Å². The number of ketones is 1. The average Bonchev–Trinajstić information content (AvgIpc) is 3.01. The van der Waals surface area contributed by atoms with Gasteiger partial charge in [-0.05, 0) is 66.8 Å². The largest absolute Gasteiger partial charge is 0.292 e. The van der Waals surface area contributed by atoms with Crippen molar-refractivity contribution in [1.82, 2.24) is 4.90 Å². The number of rotatable bonds is 5. The highest BCUT2D eigenvalue weighted by Gasteiger charge is 2.43. The van der Waals surface area contributed by atoms with Crippen molar-refractivity contribution < 1.29 is 9.18 Å². The van der Waals surface area contributed by atoms with Crippen molar-refractivity contribution >= 4 is 33.3 Å². The van der Waals surface area contributed by atoms with Crippen LogP contribution in [0.25, 0.3) is 0 Å². The first kappa shape index (κ1) is 16.9. The fraction of sp³-hybridized carbons (Fsp3) is 0.562. The number of Topliss-reactive ketones (excluding diaryl/α,β-unsaturated/α-hetero) is 1. The molecule has 0 N–H and O–H groups in total. The number of carbonyl (C=O) groups is 1. The number of hydrogen-bond acceptors (Lipinski definition) is 2. The molecule has 1 heterocycles. The van der Waals surface area contributed by atoms with Crippen LogP contribution < -0.4 is 0 Å². The molecule has 1 aliphatic heterocycles. The zero-order valence-electron chi connectivity index (χ0n) is 12.4. The van der Waals surface area contributed by atoms with Crippen molar-refractivity contribution in [2.75, 3.05) is 13.1 Å². The Balaban J connectivity index is 2.46. The molecule has 0 aromatic heterocycles. The minimum Gasteiger partial charge on any atom is -0.292 e. The van der Waals surface area contributed by atoms with Gasteiger partial charge in [-0.15, -0.1) is 0 Å². The SMILES string of the molecule is CCC(CC)(C(=O)c1ccc(Br)c(Cl)c1F)N1CCCC1. The van der Waals surface area contributed by atoms with Crippen molar-refractivity contribution in [3.8, 4) is 0 Å². The lowest BCUT2D eigenvalue weighted by Gasteiger charge is -2.39. The summed E-state index contributed by atoms with van der Waals surface area (Å²) in [7, 11) is 0. The molecule has 0 bridgehead atoms. The molecule has 1 saturated heterocycles. The molecule has 1 fully saturated rings. The molecule has 21 heavy (non-hydrogen) atoms. The number of hydrogen-bond donors (Lipinski definition) is 0. The molecule has 0 radical (unpaired) electrons. The smallest absolute Gasteiger partial charge is 0.186 e. The van der Waals surface area contributed by atoms with E-state index in [0.717, 1.165) is 25.9 Å². The van der Waals surface area contributed by atoms with Gasteiger partial charge in [-0.3, -0.25) is 9.69 Å². The van der Waals surface area contributed by atoms with Gasteiger partial charge in [0.1, 0.15) is 0 Å². The average molecular weight is 377 g/mol. The van der Waals surface area contributed by atoms with Crippen LogP contribution in [-0.2, 0) is 0 Å². The Morgan fingerprint density at radius 2 is 1.90 bits per heavy atom. The molecule has 1 aromatic carbocycles. The van der Waals surface area contributed by atoms with Crippen molar-refractivity contribution in [2.45, 2.75) is 45.1 Å². The van der Waals surface area contributed by atoms with Gasteiger partial charge in [0, 0.05) is 4.47 Å². The molecular formula is C16H20BrClFNO. The normalized spacial score (nSPS) is 16.4. The van der Waals surface area contributed by atoms with E-state index >= 15 is 0 Å². The summed E-state index contributed by atoms with van der Waals surface area (Å²) in [6, 6.07) is 3.17. The van der Waals surface area contributed by atoms with Crippen LogP contribution in [0.1, 0.15) is 49.9 Å². The summed E-state index contributed by atoms with van der Waals surface area (Å²) in [5.74, 6) is -0.775. The summed E-state index contributed by atoms with van der Waals surface area (Å²) >= 11 is 9.12. The predicted molar refractivity (Wildman–Crippen MR) is 87.6 cm³/mol. The summed E-state index contributed by atoms with van der Waals surface area (Å²) in [5, 5.41) is -0.0246. The third-order valence-corrected chi connectivity index (χ3v) is 5.84. The molecule has 0 saturated carbocycles. The van der Waals surface area contributed by atoms with E-state index in [4.69, 9.17) is 11.6 Å². The lowest BCUT2D eigenvalue weighted by molar-refractivity contribution is 0.0577. The van der Waals surface area contributed by atoms with Gasteiger partial charge >= 0.3 is 0 Å². The lowest BCUT2D eigenvalue weighted by Crippen LogP contribution is -2.53. The molecule has 5 heteroatoms. The summed E-state index contributed by atoms with van der Waals surface area (Å²) < 4.78 is 14.9. The molecule has 2 nitrogen and oxygen atoms in total. The quantitative estimate of drug-likeness (QED) is 0.527. The molecule has 0 amide bonds. The fourth-order valence-electron chi connectivity index (χ4n) is 3.26. The summed E-state index contributed by atoms with van der Waals surface area (Å²) in [6.07, 6.45) is 3.54. The molecular weight excluding hydrogens is 357 g/mol. The summed E-state index contributed by atoms with van der Waals surface area (Å²) in [6.45, 7) is 5.80. The van der Waals surface area contributed by atoms with Gasteiger partial charge in [0.2, 0.25) is 0 Å². The number of carbonyl (C=O) groups excluding carboxylic acids is 1. The first-order valence-electron chi connectivity index (χ1n) is 7.41. The lowest BCUT2D eigenvalue weighted by atomic mass is 9.82. The van der Waals surface area contributed by atoms with Crippen LogP contribution in [0.5, 0.6) is 0 Å². The maximum atomic E-state index is 14.4. The Kier molecular flexibility index (Phi) is 5.44. The van der Waals surface area contributed by atoms with E-state index in [9.17, 15) is 9.18 Å². The second kappa shape index (κ2) is 6.76. The minimum absolute atomic E-state index is 0.0246. The molecule has 2 rings (SSSR count). The van der Waals surface area contributed by atoms with E-state index in [0.29, 0.717) is 17.3 Å². The second-order valence-corrected chi connectivity index (χ2v) is 6.72. The fourth-order valence-corrected chi connectivity index (χ4v) is 3.73. The van der Waals surface area contributed by atoms with Crippen molar-refractivity contribution in [3.63, 3.8) is 0 Å². The Labute approximate surface area is 138 Å². The highest BCUT2D eigenvalue weighted by atomic mass is 79.9. The third kappa shape index (κ3) is 2.90. The van der Waals surface area contributed by atoms with Crippen molar-refractivity contribution in [1.29, 1.82) is 0 Å². The van der Waals surface area contributed by atoms with Crippen molar-refractivity contribution in [2.24, 2.45) is 0 Å². The molecule has 116 valence electrons. The Morgan fingerprint density at radius 1 is 1.33 bits per heavy atom. The topological polar surface area (TPSA) is 20.3 Å². The number of likely N-dealkylation sites (tertiary alicyclic amines) is 1. The van der Waals surface area contributed by atoms with E-state index in [1.165, 1.54) is 6.07 Å². The third-order valence-electron chi connectivity index (χ3n) is 4.58. The van der Waals surface area contributed by atoms with Gasteiger partial charge in [-0.25, -0.2) is 4.39 Å². The van der Waals surface area contributed by atoms with Crippen LogP contribution in [-0.4, -0.2) is 29.3 Å². The van der Waals surface area contributed by atoms with Crippen LogP contribution in [0, 0.1) is 5.82 Å². The molecule has 0 atom stereocenters. The van der Waals surface area contributed by atoms with E-state index in [1.54, 1.807) is 6.07 Å². The van der Waals surface area contributed by atoms with E-state index in [1.807, 2.05) is 13.8 Å². The maximum absolute atomic E-state index is 14.4. The van der Waals surface area contributed by atoms with Crippen LogP contribution in [0.4, 0.5) is 4.39 Å². The van der Waals surface area contributed by atoms with Gasteiger partial charge in [0.15, 0.2) is 11.6 Å².